The van der Waals surface area contributed by atoms with Crippen molar-refractivity contribution in [2.45, 2.75) is 19.6 Å². The molecule has 0 aliphatic heterocycles. The Balaban J connectivity index is 2.02. The molecule has 0 spiro atoms. The van der Waals surface area contributed by atoms with Crippen molar-refractivity contribution in [3.05, 3.63) is 47.7 Å². The number of aliphatic hydroxyl groups excluding tert-OH is 1. The molecular formula is C15H17NO4. The summed E-state index contributed by atoms with van der Waals surface area (Å²) in [6.45, 7) is 1.99. The molecule has 0 aliphatic rings. The van der Waals surface area contributed by atoms with Crippen molar-refractivity contribution >= 4 is 5.97 Å². The molecule has 1 unspecified atom stereocenters. The molecule has 0 fully saturated rings. The summed E-state index contributed by atoms with van der Waals surface area (Å²) in [4.78, 5) is 10.4. The molecule has 5 heteroatoms. The van der Waals surface area contributed by atoms with Gasteiger partial charge in [0, 0.05) is 5.56 Å². The first-order chi connectivity index (χ1) is 9.56. The van der Waals surface area contributed by atoms with Crippen LogP contribution in [0.15, 0.2) is 40.8 Å². The number of aliphatic carboxylic acids is 1. The number of carboxylic acid groups (broad SMARTS) is 1. The minimum Gasteiger partial charge on any atom is -0.480 e. The van der Waals surface area contributed by atoms with Crippen molar-refractivity contribution in [2.75, 3.05) is 6.54 Å². The van der Waals surface area contributed by atoms with Crippen LogP contribution >= 0.6 is 0 Å². The van der Waals surface area contributed by atoms with Gasteiger partial charge in [-0.2, -0.15) is 0 Å². The van der Waals surface area contributed by atoms with Crippen molar-refractivity contribution in [2.24, 2.45) is 0 Å². The second-order valence-corrected chi connectivity index (χ2v) is 4.56. The summed E-state index contributed by atoms with van der Waals surface area (Å²) < 4.78 is 5.63. The lowest BCUT2D eigenvalue weighted by atomic mass is 10.1. The van der Waals surface area contributed by atoms with Gasteiger partial charge in [-0.15, -0.1) is 0 Å². The van der Waals surface area contributed by atoms with Crippen molar-refractivity contribution in [3.63, 3.8) is 0 Å². The van der Waals surface area contributed by atoms with Gasteiger partial charge in [0.15, 0.2) is 0 Å². The van der Waals surface area contributed by atoms with Crippen LogP contribution in [0.2, 0.25) is 0 Å². The van der Waals surface area contributed by atoms with E-state index in [0.29, 0.717) is 18.1 Å². The summed E-state index contributed by atoms with van der Waals surface area (Å²) in [5.74, 6) is 0.501. The number of benzene rings is 1. The fraction of sp³-hybridized carbons (Fsp3) is 0.267. The molecular weight excluding hydrogens is 258 g/mol. The highest BCUT2D eigenvalue weighted by molar-refractivity contribution is 5.69. The Labute approximate surface area is 116 Å². The van der Waals surface area contributed by atoms with Crippen LogP contribution in [0.5, 0.6) is 0 Å². The third-order valence-corrected chi connectivity index (χ3v) is 2.91. The van der Waals surface area contributed by atoms with Crippen LogP contribution in [0, 0.1) is 0 Å². The Hall–Kier alpha value is -2.11. The number of hydrogen-bond donors (Lipinski definition) is 3. The number of aliphatic hydroxyl groups is 1. The van der Waals surface area contributed by atoms with Crippen LogP contribution in [0.3, 0.4) is 0 Å². The van der Waals surface area contributed by atoms with E-state index < -0.39 is 12.1 Å². The highest BCUT2D eigenvalue weighted by Crippen LogP contribution is 2.24. The average molecular weight is 275 g/mol. The summed E-state index contributed by atoms with van der Waals surface area (Å²) in [6.07, 6.45) is -0.489. The first-order valence-corrected chi connectivity index (χ1v) is 6.36. The first kappa shape index (κ1) is 14.3. The van der Waals surface area contributed by atoms with Crippen LogP contribution in [0.4, 0.5) is 0 Å². The lowest BCUT2D eigenvalue weighted by Gasteiger charge is -2.05. The number of rotatable bonds is 6. The third kappa shape index (κ3) is 3.69. The normalized spacial score (nSPS) is 12.3. The van der Waals surface area contributed by atoms with Crippen molar-refractivity contribution in [3.8, 4) is 11.3 Å². The number of carboxylic acids is 1. The SMILES string of the molecule is CC(O)c1ccc(-c2ccc(CNCC(=O)O)o2)cc1. The summed E-state index contributed by atoms with van der Waals surface area (Å²) in [5, 5.41) is 20.7. The van der Waals surface area contributed by atoms with Crippen molar-refractivity contribution < 1.29 is 19.4 Å². The molecule has 2 rings (SSSR count). The first-order valence-electron chi connectivity index (χ1n) is 6.36. The molecule has 1 atom stereocenters. The molecule has 1 aromatic heterocycles. The molecule has 1 heterocycles. The third-order valence-electron chi connectivity index (χ3n) is 2.91. The number of furan rings is 1. The zero-order chi connectivity index (χ0) is 14.5. The molecule has 20 heavy (non-hydrogen) atoms. The quantitative estimate of drug-likeness (QED) is 0.752. The monoisotopic (exact) mass is 275 g/mol. The second kappa shape index (κ2) is 6.36. The van der Waals surface area contributed by atoms with Crippen LogP contribution in [-0.2, 0) is 11.3 Å². The average Bonchev–Trinajstić information content (AvgIpc) is 2.87. The Morgan fingerprint density at radius 3 is 2.55 bits per heavy atom. The highest BCUT2D eigenvalue weighted by atomic mass is 16.4. The Bertz CT molecular complexity index is 572. The standard InChI is InChI=1S/C15H17NO4/c1-10(17)11-2-4-12(5-3-11)14-7-6-13(20-14)8-16-9-15(18)19/h2-7,10,16-17H,8-9H2,1H3,(H,18,19). The predicted octanol–water partition coefficient (Wildman–Crippen LogP) is 2.17. The molecule has 1 aromatic carbocycles. The zero-order valence-corrected chi connectivity index (χ0v) is 11.2. The van der Waals surface area contributed by atoms with E-state index in [9.17, 15) is 9.90 Å². The zero-order valence-electron chi connectivity index (χ0n) is 11.2. The van der Waals surface area contributed by atoms with E-state index in [2.05, 4.69) is 5.32 Å². The molecule has 5 nitrogen and oxygen atoms in total. The summed E-state index contributed by atoms with van der Waals surface area (Å²) in [7, 11) is 0. The van der Waals surface area contributed by atoms with E-state index in [-0.39, 0.29) is 6.54 Å². The van der Waals surface area contributed by atoms with Gasteiger partial charge in [-0.05, 0) is 24.6 Å². The van der Waals surface area contributed by atoms with Crippen LogP contribution in [-0.4, -0.2) is 22.7 Å². The molecule has 0 saturated carbocycles. The van der Waals surface area contributed by atoms with Crippen molar-refractivity contribution in [1.82, 2.24) is 5.32 Å². The van der Waals surface area contributed by atoms with E-state index in [1.165, 1.54) is 0 Å². The van der Waals surface area contributed by atoms with Gasteiger partial charge >= 0.3 is 5.97 Å². The minimum absolute atomic E-state index is 0.0981. The molecule has 0 bridgehead atoms. The topological polar surface area (TPSA) is 82.7 Å². The van der Waals surface area contributed by atoms with Crippen LogP contribution < -0.4 is 5.32 Å². The Morgan fingerprint density at radius 2 is 1.95 bits per heavy atom. The summed E-state index contributed by atoms with van der Waals surface area (Å²) in [6, 6.07) is 11.1. The number of hydrogen-bond acceptors (Lipinski definition) is 4. The van der Waals surface area contributed by atoms with Gasteiger partial charge < -0.3 is 14.6 Å². The Kier molecular flexibility index (Phi) is 4.55. The van der Waals surface area contributed by atoms with E-state index in [1.54, 1.807) is 6.92 Å². The van der Waals surface area contributed by atoms with Gasteiger partial charge in [0.25, 0.3) is 0 Å². The molecule has 2 aromatic rings. The Morgan fingerprint density at radius 1 is 1.25 bits per heavy atom. The lowest BCUT2D eigenvalue weighted by molar-refractivity contribution is -0.136. The fourth-order valence-electron chi connectivity index (χ4n) is 1.85. The van der Waals surface area contributed by atoms with Gasteiger partial charge in [-0.1, -0.05) is 24.3 Å². The smallest absolute Gasteiger partial charge is 0.317 e. The van der Waals surface area contributed by atoms with Gasteiger partial charge in [0.2, 0.25) is 0 Å². The molecule has 106 valence electrons. The molecule has 0 aliphatic carbocycles. The lowest BCUT2D eigenvalue weighted by Crippen LogP contribution is -2.21. The highest BCUT2D eigenvalue weighted by Gasteiger charge is 2.06. The number of nitrogens with one attached hydrogen (secondary N) is 1. The van der Waals surface area contributed by atoms with Gasteiger partial charge in [-0.25, -0.2) is 0 Å². The largest absolute Gasteiger partial charge is 0.480 e. The molecule has 3 N–H and O–H groups in total. The maximum atomic E-state index is 10.4. The number of carbonyl (C=O) groups is 1. The van der Waals surface area contributed by atoms with Crippen molar-refractivity contribution in [1.29, 1.82) is 0 Å². The van der Waals surface area contributed by atoms with Gasteiger partial charge in [-0.3, -0.25) is 10.1 Å². The summed E-state index contributed by atoms with van der Waals surface area (Å²) >= 11 is 0. The maximum Gasteiger partial charge on any atom is 0.317 e. The molecule has 0 saturated heterocycles. The van der Waals surface area contributed by atoms with Crippen LogP contribution in [0.25, 0.3) is 11.3 Å². The molecule has 0 amide bonds. The van der Waals surface area contributed by atoms with E-state index in [1.807, 2.05) is 36.4 Å². The minimum atomic E-state index is -0.898. The summed E-state index contributed by atoms with van der Waals surface area (Å²) in [5.41, 5.74) is 1.77. The van der Waals surface area contributed by atoms with E-state index in [4.69, 9.17) is 9.52 Å². The van der Waals surface area contributed by atoms with E-state index in [0.717, 1.165) is 11.1 Å². The second-order valence-electron chi connectivity index (χ2n) is 4.56. The van der Waals surface area contributed by atoms with Gasteiger partial charge in [0.1, 0.15) is 11.5 Å². The predicted molar refractivity (Wildman–Crippen MR) is 74.1 cm³/mol. The van der Waals surface area contributed by atoms with Gasteiger partial charge in [0.05, 0.1) is 19.2 Å². The van der Waals surface area contributed by atoms with Crippen LogP contribution in [0.1, 0.15) is 24.4 Å². The maximum absolute atomic E-state index is 10.4. The fourth-order valence-corrected chi connectivity index (χ4v) is 1.85. The molecule has 0 radical (unpaired) electrons. The van der Waals surface area contributed by atoms with E-state index >= 15 is 0 Å².